The molecule has 2 atom stereocenters. The molecular weight excluding hydrogens is 266 g/mol. The summed E-state index contributed by atoms with van der Waals surface area (Å²) in [5.41, 5.74) is 8.53. The van der Waals surface area contributed by atoms with E-state index in [9.17, 15) is 0 Å². The van der Waals surface area contributed by atoms with Gasteiger partial charge in [-0.2, -0.15) is 5.10 Å². The summed E-state index contributed by atoms with van der Waals surface area (Å²) in [4.78, 5) is 2.07. The molecule has 2 heterocycles. The van der Waals surface area contributed by atoms with Crippen LogP contribution in [0.25, 0.3) is 0 Å². The number of nitrogens with zero attached hydrogens (tertiary/aromatic N) is 3. The lowest BCUT2D eigenvalue weighted by atomic mass is 10.0. The molecule has 1 aliphatic heterocycles. The van der Waals surface area contributed by atoms with Crippen LogP contribution in [-0.4, -0.2) is 41.8 Å². The van der Waals surface area contributed by atoms with Crippen LogP contribution < -0.4 is 10.6 Å². The molecule has 3 N–H and O–H groups in total. The molecule has 1 aromatic heterocycles. The summed E-state index contributed by atoms with van der Waals surface area (Å²) in [6, 6.07) is 0.245. The summed E-state index contributed by atoms with van der Waals surface area (Å²) < 4.78 is 5.64. The average molecular weight is 291 g/mol. The van der Waals surface area contributed by atoms with Gasteiger partial charge in [-0.3, -0.25) is 5.41 Å². The molecule has 1 aromatic rings. The highest BCUT2D eigenvalue weighted by Gasteiger charge is 2.31. The second-order valence-electron chi connectivity index (χ2n) is 5.49. The number of rotatable bonds is 5. The van der Waals surface area contributed by atoms with Crippen molar-refractivity contribution in [2.45, 2.75) is 52.2 Å². The van der Waals surface area contributed by atoms with Gasteiger partial charge in [-0.05, 0) is 31.7 Å². The summed E-state index contributed by atoms with van der Waals surface area (Å²) in [7, 11) is 1.98. The Morgan fingerprint density at radius 3 is 2.57 bits per heavy atom. The monoisotopic (exact) mass is 291 g/mol. The lowest BCUT2D eigenvalue weighted by Gasteiger charge is -2.29. The zero-order valence-corrected chi connectivity index (χ0v) is 13.3. The topological polar surface area (TPSA) is 88.1 Å². The average Bonchev–Trinajstić information content (AvgIpc) is 2.90. The lowest BCUT2D eigenvalue weighted by Crippen LogP contribution is -2.39. The van der Waals surface area contributed by atoms with E-state index >= 15 is 0 Å². The Bertz CT molecular complexity index is 531. The first kappa shape index (κ1) is 15.7. The third-order valence-electron chi connectivity index (χ3n) is 4.26. The SMILES string of the molecule is CCc1nnc(N(C)C2CCOC2C)c(C(=N)N)c1CC. The van der Waals surface area contributed by atoms with Crippen LogP contribution in [0.15, 0.2) is 0 Å². The maximum absolute atomic E-state index is 7.96. The molecule has 0 saturated carbocycles. The molecule has 2 unspecified atom stereocenters. The van der Waals surface area contributed by atoms with Crippen LogP contribution in [0.1, 0.15) is 44.0 Å². The van der Waals surface area contributed by atoms with E-state index in [1.165, 1.54) is 0 Å². The quantitative estimate of drug-likeness (QED) is 0.634. The number of likely N-dealkylation sites (N-methyl/N-ethyl adjacent to an activating group) is 1. The number of aryl methyl sites for hydroxylation is 1. The number of ether oxygens (including phenoxy) is 1. The zero-order valence-electron chi connectivity index (χ0n) is 13.3. The van der Waals surface area contributed by atoms with Gasteiger partial charge in [0.2, 0.25) is 0 Å². The van der Waals surface area contributed by atoms with Crippen molar-refractivity contribution in [2.24, 2.45) is 5.73 Å². The largest absolute Gasteiger partial charge is 0.384 e. The van der Waals surface area contributed by atoms with Gasteiger partial charge in [-0.15, -0.1) is 5.10 Å². The number of aromatic nitrogens is 2. The Morgan fingerprint density at radius 1 is 1.38 bits per heavy atom. The summed E-state index contributed by atoms with van der Waals surface area (Å²) >= 11 is 0. The molecule has 1 saturated heterocycles. The highest BCUT2D eigenvalue weighted by Crippen LogP contribution is 2.28. The second-order valence-corrected chi connectivity index (χ2v) is 5.49. The standard InChI is InChI=1S/C15H25N5O/c1-5-10-11(6-2)18-19-15(13(10)14(16)17)20(4)12-7-8-21-9(12)3/h9,12H,5-8H2,1-4H3,(H3,16,17). The fraction of sp³-hybridized carbons (Fsp3) is 0.667. The molecule has 116 valence electrons. The molecule has 0 aliphatic carbocycles. The van der Waals surface area contributed by atoms with Gasteiger partial charge in [0.1, 0.15) is 5.84 Å². The van der Waals surface area contributed by atoms with Gasteiger partial charge in [0.15, 0.2) is 5.82 Å². The first-order chi connectivity index (χ1) is 10.0. The van der Waals surface area contributed by atoms with Crippen LogP contribution in [-0.2, 0) is 17.6 Å². The van der Waals surface area contributed by atoms with Crippen LogP contribution in [0.4, 0.5) is 5.82 Å². The first-order valence-corrected chi connectivity index (χ1v) is 7.58. The van der Waals surface area contributed by atoms with E-state index < -0.39 is 0 Å². The molecule has 0 radical (unpaired) electrons. The van der Waals surface area contributed by atoms with Crippen molar-refractivity contribution < 1.29 is 4.74 Å². The minimum atomic E-state index is 0.0601. The predicted molar refractivity (Wildman–Crippen MR) is 84.0 cm³/mol. The third kappa shape index (κ3) is 2.85. The van der Waals surface area contributed by atoms with Gasteiger partial charge in [-0.1, -0.05) is 13.8 Å². The molecular formula is C15H25N5O. The van der Waals surface area contributed by atoms with Gasteiger partial charge in [0, 0.05) is 13.7 Å². The van der Waals surface area contributed by atoms with Crippen molar-refractivity contribution in [3.8, 4) is 0 Å². The smallest absolute Gasteiger partial charge is 0.162 e. The Balaban J connectivity index is 2.50. The molecule has 21 heavy (non-hydrogen) atoms. The maximum atomic E-state index is 7.96. The number of anilines is 1. The lowest BCUT2D eigenvalue weighted by molar-refractivity contribution is 0.118. The molecule has 2 rings (SSSR count). The van der Waals surface area contributed by atoms with Crippen LogP contribution in [0.3, 0.4) is 0 Å². The number of nitrogens with two attached hydrogens (primary N) is 1. The fourth-order valence-corrected chi connectivity index (χ4v) is 3.08. The molecule has 0 spiro atoms. The number of hydrogen-bond acceptors (Lipinski definition) is 5. The first-order valence-electron chi connectivity index (χ1n) is 7.58. The van der Waals surface area contributed by atoms with E-state index in [0.29, 0.717) is 5.82 Å². The van der Waals surface area contributed by atoms with Crippen molar-refractivity contribution >= 4 is 11.7 Å². The van der Waals surface area contributed by atoms with Gasteiger partial charge >= 0.3 is 0 Å². The molecule has 6 nitrogen and oxygen atoms in total. The van der Waals surface area contributed by atoms with Crippen LogP contribution >= 0.6 is 0 Å². The number of amidine groups is 1. The van der Waals surface area contributed by atoms with E-state index in [-0.39, 0.29) is 18.0 Å². The van der Waals surface area contributed by atoms with Gasteiger partial charge in [0.05, 0.1) is 23.4 Å². The summed E-state index contributed by atoms with van der Waals surface area (Å²) in [5, 5.41) is 16.7. The Kier molecular flexibility index (Phi) is 4.77. The highest BCUT2D eigenvalue weighted by atomic mass is 16.5. The highest BCUT2D eigenvalue weighted by molar-refractivity contribution is 6.01. The molecule has 0 aromatic carbocycles. The van der Waals surface area contributed by atoms with Crippen molar-refractivity contribution in [1.29, 1.82) is 5.41 Å². The third-order valence-corrected chi connectivity index (χ3v) is 4.26. The second kappa shape index (κ2) is 6.39. The van der Waals surface area contributed by atoms with Gasteiger partial charge in [0.25, 0.3) is 0 Å². The van der Waals surface area contributed by atoms with Gasteiger partial charge in [-0.25, -0.2) is 0 Å². The fourth-order valence-electron chi connectivity index (χ4n) is 3.08. The summed E-state index contributed by atoms with van der Waals surface area (Å²) in [5.74, 6) is 0.753. The zero-order chi connectivity index (χ0) is 15.6. The number of hydrogen-bond donors (Lipinski definition) is 2. The van der Waals surface area contributed by atoms with Crippen molar-refractivity contribution in [1.82, 2.24) is 10.2 Å². The maximum Gasteiger partial charge on any atom is 0.162 e. The van der Waals surface area contributed by atoms with Crippen molar-refractivity contribution in [3.63, 3.8) is 0 Å². The Labute approximate surface area is 126 Å². The molecule has 1 fully saturated rings. The Hall–Kier alpha value is -1.69. The summed E-state index contributed by atoms with van der Waals surface area (Å²) in [6.45, 7) is 6.93. The molecule has 0 bridgehead atoms. The van der Waals surface area contributed by atoms with Crippen LogP contribution in [0.5, 0.6) is 0 Å². The van der Waals surface area contributed by atoms with Crippen LogP contribution in [0.2, 0.25) is 0 Å². The number of nitrogen functional groups attached to an aromatic ring is 1. The van der Waals surface area contributed by atoms with Crippen molar-refractivity contribution in [3.05, 3.63) is 16.8 Å². The number of nitrogens with one attached hydrogen (secondary N) is 1. The van der Waals surface area contributed by atoms with Crippen LogP contribution in [0, 0.1) is 5.41 Å². The van der Waals surface area contributed by atoms with E-state index in [2.05, 4.69) is 28.9 Å². The summed E-state index contributed by atoms with van der Waals surface area (Å²) in [6.07, 6.45) is 2.69. The van der Waals surface area contributed by atoms with E-state index in [1.807, 2.05) is 14.0 Å². The van der Waals surface area contributed by atoms with Gasteiger partial charge < -0.3 is 15.4 Å². The van der Waals surface area contributed by atoms with E-state index in [1.54, 1.807) is 0 Å². The molecule has 0 amide bonds. The normalized spacial score (nSPS) is 21.5. The minimum Gasteiger partial charge on any atom is -0.384 e. The van der Waals surface area contributed by atoms with E-state index in [0.717, 1.165) is 42.7 Å². The Morgan fingerprint density at radius 2 is 2.10 bits per heavy atom. The molecule has 1 aliphatic rings. The van der Waals surface area contributed by atoms with E-state index in [4.69, 9.17) is 15.9 Å². The molecule has 6 heteroatoms. The predicted octanol–water partition coefficient (Wildman–Crippen LogP) is 1.50. The van der Waals surface area contributed by atoms with Crippen molar-refractivity contribution in [2.75, 3.05) is 18.6 Å². The minimum absolute atomic E-state index is 0.0601.